The lowest BCUT2D eigenvalue weighted by Crippen LogP contribution is -2.42. The van der Waals surface area contributed by atoms with E-state index in [1.807, 2.05) is 50.4 Å². The Bertz CT molecular complexity index is 1740. The largest absolute Gasteiger partial charge is 0.455 e. The molecule has 0 unspecified atom stereocenters. The molecule has 0 spiro atoms. The van der Waals surface area contributed by atoms with Crippen molar-refractivity contribution in [3.63, 3.8) is 0 Å². The van der Waals surface area contributed by atoms with Crippen LogP contribution in [0.4, 0.5) is 0 Å². The van der Waals surface area contributed by atoms with Gasteiger partial charge in [-0.2, -0.15) is 0 Å². The lowest BCUT2D eigenvalue weighted by atomic mass is 9.65. The minimum atomic E-state index is -2.28. The Balaban J connectivity index is 1.75. The fourth-order valence-electron chi connectivity index (χ4n) is 5.73. The van der Waals surface area contributed by atoms with E-state index in [0.29, 0.717) is 22.1 Å². The van der Waals surface area contributed by atoms with Crippen LogP contribution < -0.4 is 4.57 Å². The number of rotatable bonds is 1. The number of nitrogens with zero attached hydrogens (tertiary/aromatic N) is 2. The van der Waals surface area contributed by atoms with Gasteiger partial charge in [0.2, 0.25) is 0 Å². The number of hydrogen-bond donors (Lipinski definition) is 0. The van der Waals surface area contributed by atoms with E-state index in [0.717, 1.165) is 51.6 Å². The van der Waals surface area contributed by atoms with Gasteiger partial charge in [0, 0.05) is 25.9 Å². The number of aromatic nitrogens is 2. The second-order valence-corrected chi connectivity index (χ2v) is 11.3. The molecule has 0 N–H and O–H groups in total. The average Bonchev–Trinajstić information content (AvgIpc) is 3.17. The van der Waals surface area contributed by atoms with Crippen LogP contribution in [-0.2, 0) is 17.9 Å². The predicted octanol–water partition coefficient (Wildman–Crippen LogP) is 7.59. The molecule has 0 saturated carbocycles. The third kappa shape index (κ3) is 2.95. The molecule has 1 aliphatic rings. The molecule has 3 heteroatoms. The topological polar surface area (TPSA) is 29.9 Å². The van der Waals surface area contributed by atoms with Crippen molar-refractivity contribution in [3.05, 3.63) is 71.0 Å². The summed E-state index contributed by atoms with van der Waals surface area (Å²) in [6.07, 6.45) is 4.40. The molecule has 0 amide bonds. The van der Waals surface area contributed by atoms with Crippen molar-refractivity contribution in [3.8, 4) is 11.4 Å². The Morgan fingerprint density at radius 2 is 1.68 bits per heavy atom. The van der Waals surface area contributed by atoms with Crippen LogP contribution in [0.15, 0.2) is 53.1 Å². The van der Waals surface area contributed by atoms with Crippen molar-refractivity contribution in [2.45, 2.75) is 65.1 Å². The normalized spacial score (nSPS) is 18.6. The van der Waals surface area contributed by atoms with Crippen molar-refractivity contribution >= 4 is 32.7 Å². The van der Waals surface area contributed by atoms with E-state index in [4.69, 9.17) is 13.5 Å². The molecule has 172 valence electrons. The zero-order valence-corrected chi connectivity index (χ0v) is 20.8. The summed E-state index contributed by atoms with van der Waals surface area (Å²) in [5, 5.41) is 3.59. The van der Waals surface area contributed by atoms with E-state index in [-0.39, 0.29) is 10.8 Å². The molecule has 3 aromatic carbocycles. The standard InChI is InChI=1S/C31H33N2O/c1-18-14-19(2)26(27-25(18)22-15-20-10-8-9-11-21(20)16-24(22)34-27)29-32-28-23(17-33(29)7)30(3,4)12-13-31(28,5)6/h8-11,14-17H,12-13H2,1-7H3/q+1/i1D3. The van der Waals surface area contributed by atoms with Crippen LogP contribution in [0, 0.1) is 13.8 Å². The molecule has 0 fully saturated rings. The minimum Gasteiger partial charge on any atom is -0.455 e. The van der Waals surface area contributed by atoms with Crippen molar-refractivity contribution in [1.29, 1.82) is 0 Å². The molecule has 2 aromatic heterocycles. The second-order valence-electron chi connectivity index (χ2n) is 11.3. The van der Waals surface area contributed by atoms with Crippen LogP contribution in [-0.4, -0.2) is 4.98 Å². The summed E-state index contributed by atoms with van der Waals surface area (Å²) in [7, 11) is 2.03. The Kier molecular flexibility index (Phi) is 3.69. The average molecular weight is 453 g/mol. The summed E-state index contributed by atoms with van der Waals surface area (Å²) >= 11 is 0. The summed E-state index contributed by atoms with van der Waals surface area (Å²) in [5.41, 5.74) is 5.69. The molecule has 0 aliphatic heterocycles. The SMILES string of the molecule is [2H]C([2H])([2H])c1cc(C)c(-c2nc3c(c[n+]2C)C(C)(C)CCC3(C)C)c2oc3cc4ccccc4cc3c12. The van der Waals surface area contributed by atoms with Gasteiger partial charge < -0.3 is 4.42 Å². The number of furan rings is 1. The first kappa shape index (κ1) is 18.2. The molecule has 0 radical (unpaired) electrons. The van der Waals surface area contributed by atoms with Crippen molar-refractivity contribution < 1.29 is 13.1 Å². The fourth-order valence-corrected chi connectivity index (χ4v) is 5.73. The lowest BCUT2D eigenvalue weighted by Gasteiger charge is -2.37. The molecule has 6 rings (SSSR count). The Hall–Kier alpha value is -3.20. The first-order valence-corrected chi connectivity index (χ1v) is 12.1. The number of fused-ring (bicyclic) bond motifs is 5. The monoisotopic (exact) mass is 452 g/mol. The highest BCUT2D eigenvalue weighted by Crippen LogP contribution is 2.46. The Morgan fingerprint density at radius 3 is 2.41 bits per heavy atom. The molecule has 3 nitrogen and oxygen atoms in total. The van der Waals surface area contributed by atoms with Crippen LogP contribution in [0.2, 0.25) is 0 Å². The van der Waals surface area contributed by atoms with E-state index in [1.165, 1.54) is 5.56 Å². The van der Waals surface area contributed by atoms with Crippen LogP contribution in [0.1, 0.15) is 67.0 Å². The quantitative estimate of drug-likeness (QED) is 0.245. The Labute approximate surface area is 205 Å². The molecule has 34 heavy (non-hydrogen) atoms. The molecule has 1 aliphatic carbocycles. The van der Waals surface area contributed by atoms with E-state index in [9.17, 15) is 0 Å². The van der Waals surface area contributed by atoms with E-state index >= 15 is 0 Å². The van der Waals surface area contributed by atoms with Crippen LogP contribution in [0.3, 0.4) is 0 Å². The predicted molar refractivity (Wildman–Crippen MR) is 140 cm³/mol. The maximum Gasteiger partial charge on any atom is 0.334 e. The third-order valence-electron chi connectivity index (χ3n) is 7.91. The summed E-state index contributed by atoms with van der Waals surface area (Å²) in [4.78, 5) is 5.32. The van der Waals surface area contributed by atoms with Crippen LogP contribution in [0.25, 0.3) is 44.1 Å². The van der Waals surface area contributed by atoms with Crippen molar-refractivity contribution in [1.82, 2.24) is 4.98 Å². The molecule has 0 bridgehead atoms. The summed E-state index contributed by atoms with van der Waals surface area (Å²) in [6.45, 7) is 8.81. The lowest BCUT2D eigenvalue weighted by molar-refractivity contribution is -0.663. The highest BCUT2D eigenvalue weighted by molar-refractivity contribution is 6.14. The summed E-state index contributed by atoms with van der Waals surface area (Å²) < 4.78 is 33.6. The van der Waals surface area contributed by atoms with Gasteiger partial charge in [-0.15, -0.1) is 0 Å². The van der Waals surface area contributed by atoms with E-state index in [1.54, 1.807) is 0 Å². The highest BCUT2D eigenvalue weighted by Gasteiger charge is 2.43. The first-order chi connectivity index (χ1) is 17.3. The summed E-state index contributed by atoms with van der Waals surface area (Å²) in [5.74, 6) is 0.799. The number of hydrogen-bond acceptors (Lipinski definition) is 2. The minimum absolute atomic E-state index is 0.0447. The molecular weight excluding hydrogens is 416 g/mol. The van der Waals surface area contributed by atoms with Crippen LogP contribution >= 0.6 is 0 Å². The fraction of sp³-hybridized carbons (Fsp3) is 0.355. The van der Waals surface area contributed by atoms with E-state index in [2.05, 4.69) is 44.5 Å². The van der Waals surface area contributed by atoms with Gasteiger partial charge in [0.15, 0.2) is 11.3 Å². The smallest absolute Gasteiger partial charge is 0.334 e. The van der Waals surface area contributed by atoms with Crippen molar-refractivity contribution in [2.24, 2.45) is 7.05 Å². The van der Waals surface area contributed by atoms with Crippen molar-refractivity contribution in [2.75, 3.05) is 0 Å². The van der Waals surface area contributed by atoms with Gasteiger partial charge in [-0.05, 0) is 71.0 Å². The highest BCUT2D eigenvalue weighted by atomic mass is 16.3. The molecule has 0 atom stereocenters. The maximum absolute atomic E-state index is 8.34. The van der Waals surface area contributed by atoms with Gasteiger partial charge in [0.05, 0.1) is 13.2 Å². The maximum atomic E-state index is 8.34. The zero-order valence-electron chi connectivity index (χ0n) is 23.8. The van der Waals surface area contributed by atoms with Gasteiger partial charge in [0.25, 0.3) is 0 Å². The summed E-state index contributed by atoms with van der Waals surface area (Å²) in [6, 6.07) is 14.0. The first-order valence-electron chi connectivity index (χ1n) is 13.6. The van der Waals surface area contributed by atoms with Gasteiger partial charge >= 0.3 is 5.82 Å². The van der Waals surface area contributed by atoms with Gasteiger partial charge in [-0.3, -0.25) is 0 Å². The number of benzene rings is 3. The number of aryl methyl sites for hydroxylation is 3. The molecule has 2 heterocycles. The van der Waals surface area contributed by atoms with E-state index < -0.39 is 6.85 Å². The van der Waals surface area contributed by atoms with Gasteiger partial charge in [-0.1, -0.05) is 58.0 Å². The van der Waals surface area contributed by atoms with Gasteiger partial charge in [0.1, 0.15) is 11.1 Å². The second kappa shape index (κ2) is 6.91. The molecule has 5 aromatic rings. The molecular formula is C31H33N2O+. The Morgan fingerprint density at radius 1 is 0.971 bits per heavy atom. The van der Waals surface area contributed by atoms with Crippen LogP contribution in [0.5, 0.6) is 0 Å². The third-order valence-corrected chi connectivity index (χ3v) is 7.91. The molecule has 0 saturated heterocycles. The zero-order chi connectivity index (χ0) is 26.5. The van der Waals surface area contributed by atoms with Gasteiger partial charge in [-0.25, -0.2) is 4.57 Å².